The maximum absolute atomic E-state index is 12.2. The number of thiophene rings is 2. The van der Waals surface area contributed by atoms with E-state index in [1.54, 1.807) is 0 Å². The SMILES string of the molecule is CCC(C)(CC)C(=O)/C=C(\O)C(C)(CC)CC.Cc1cc2c(ccc3c4ccnc(-c5[c-]c6ccccc6c(C(C)(C)C)c5)c4sc23)s1.[Ir]. The molecule has 6 rings (SSSR count). The molecule has 3 aromatic carbocycles. The van der Waals surface area contributed by atoms with Gasteiger partial charge >= 0.3 is 0 Å². The number of carbonyl (C=O) groups excluding carboxylic acids is 1. The smallest absolute Gasteiger partial charge is 0.164 e. The van der Waals surface area contributed by atoms with Crippen molar-refractivity contribution in [3.05, 3.63) is 89.1 Å². The number of fused-ring (bicyclic) bond motifs is 6. The van der Waals surface area contributed by atoms with Crippen LogP contribution in [-0.2, 0) is 30.3 Å². The molecule has 0 amide bonds. The quantitative estimate of drug-likeness (QED) is 0.0942. The van der Waals surface area contributed by atoms with Gasteiger partial charge in [-0.3, -0.25) is 9.78 Å². The van der Waals surface area contributed by atoms with Crippen molar-refractivity contribution < 1.29 is 30.0 Å². The number of aliphatic hydroxyl groups excluding tert-OH is 1. The van der Waals surface area contributed by atoms with E-state index in [0.717, 1.165) is 42.3 Å². The third kappa shape index (κ3) is 7.59. The van der Waals surface area contributed by atoms with Gasteiger partial charge in [-0.1, -0.05) is 97.5 Å². The first-order valence-electron chi connectivity index (χ1n) is 17.3. The van der Waals surface area contributed by atoms with E-state index in [2.05, 4.69) is 88.4 Å². The number of aliphatic hydroxyl groups is 1. The van der Waals surface area contributed by atoms with Crippen LogP contribution >= 0.6 is 22.7 Å². The van der Waals surface area contributed by atoms with Crippen molar-refractivity contribution in [1.29, 1.82) is 0 Å². The van der Waals surface area contributed by atoms with Gasteiger partial charge in [0.15, 0.2) is 5.78 Å². The number of aromatic nitrogens is 1. The number of ketones is 1. The van der Waals surface area contributed by atoms with Gasteiger partial charge in [0.25, 0.3) is 0 Å². The predicted octanol–water partition coefficient (Wildman–Crippen LogP) is 13.5. The Balaban J connectivity index is 0.000000260. The van der Waals surface area contributed by atoms with E-state index in [1.165, 1.54) is 52.2 Å². The zero-order chi connectivity index (χ0) is 35.0. The molecule has 0 unspecified atom stereocenters. The fourth-order valence-electron chi connectivity index (χ4n) is 6.25. The van der Waals surface area contributed by atoms with E-state index in [1.807, 2.05) is 70.4 Å². The monoisotopic (exact) mass is 869 g/mol. The summed E-state index contributed by atoms with van der Waals surface area (Å²) < 4.78 is 3.97. The van der Waals surface area contributed by atoms with Crippen LogP contribution in [0.1, 0.15) is 98.4 Å². The zero-order valence-corrected chi connectivity index (χ0v) is 34.7. The number of aryl methyl sites for hydroxylation is 1. The second-order valence-electron chi connectivity index (χ2n) is 14.7. The summed E-state index contributed by atoms with van der Waals surface area (Å²) in [5.74, 6) is 0.286. The number of benzene rings is 3. The molecule has 0 saturated heterocycles. The van der Waals surface area contributed by atoms with Crippen LogP contribution in [0.25, 0.3) is 52.3 Å². The first kappa shape index (κ1) is 38.9. The third-order valence-corrected chi connectivity index (χ3v) is 12.9. The van der Waals surface area contributed by atoms with Crippen LogP contribution in [0.15, 0.2) is 72.6 Å². The van der Waals surface area contributed by atoms with E-state index in [0.29, 0.717) is 0 Å². The van der Waals surface area contributed by atoms with Gasteiger partial charge in [0.05, 0.1) is 0 Å². The minimum absolute atomic E-state index is 0. The number of carbonyl (C=O) groups is 1. The summed E-state index contributed by atoms with van der Waals surface area (Å²) in [5, 5.41) is 16.5. The molecule has 0 aliphatic rings. The molecule has 3 heterocycles. The minimum atomic E-state index is -0.337. The van der Waals surface area contributed by atoms with Crippen LogP contribution < -0.4 is 0 Å². The van der Waals surface area contributed by atoms with Crippen molar-refractivity contribution in [1.82, 2.24) is 4.98 Å². The summed E-state index contributed by atoms with van der Waals surface area (Å²) in [5.41, 5.74) is 2.90. The van der Waals surface area contributed by atoms with E-state index in [9.17, 15) is 9.90 Å². The van der Waals surface area contributed by atoms with Crippen LogP contribution in [0.4, 0.5) is 0 Å². The number of rotatable bonds is 8. The fourth-order valence-corrected chi connectivity index (χ4v) is 8.57. The van der Waals surface area contributed by atoms with Crippen LogP contribution in [-0.4, -0.2) is 15.9 Å². The Hall–Kier alpha value is -2.89. The van der Waals surface area contributed by atoms with Crippen molar-refractivity contribution in [3.63, 3.8) is 0 Å². The normalized spacial score (nSPS) is 12.7. The number of pyridine rings is 1. The van der Waals surface area contributed by atoms with E-state index in [4.69, 9.17) is 4.98 Å². The molecule has 261 valence electrons. The van der Waals surface area contributed by atoms with Gasteiger partial charge in [0, 0.05) is 78.7 Å². The maximum atomic E-state index is 12.2. The van der Waals surface area contributed by atoms with Crippen molar-refractivity contribution in [2.75, 3.05) is 0 Å². The van der Waals surface area contributed by atoms with E-state index in [-0.39, 0.29) is 47.9 Å². The third-order valence-electron chi connectivity index (χ3n) is 10.6. The van der Waals surface area contributed by atoms with Crippen LogP contribution in [0.2, 0.25) is 0 Å². The van der Waals surface area contributed by atoms with Crippen LogP contribution in [0, 0.1) is 23.8 Å². The number of hydrogen-bond acceptors (Lipinski definition) is 5. The molecule has 49 heavy (non-hydrogen) atoms. The maximum Gasteiger partial charge on any atom is 0.164 e. The molecule has 1 N–H and O–H groups in total. The molecular formula is C43H50IrNO2S2-. The number of nitrogens with zero attached hydrogens (tertiary/aromatic N) is 1. The molecule has 0 saturated carbocycles. The molecule has 0 aliphatic carbocycles. The molecule has 0 spiro atoms. The van der Waals surface area contributed by atoms with Crippen molar-refractivity contribution in [2.45, 2.75) is 100 Å². The molecule has 0 bridgehead atoms. The summed E-state index contributed by atoms with van der Waals surface area (Å²) >= 11 is 3.74. The molecule has 1 radical (unpaired) electrons. The molecule has 0 atom stereocenters. The largest absolute Gasteiger partial charge is 0.512 e. The van der Waals surface area contributed by atoms with Crippen molar-refractivity contribution in [2.24, 2.45) is 10.8 Å². The molecule has 0 fully saturated rings. The Bertz CT molecular complexity index is 2140. The average molecular weight is 869 g/mol. The van der Waals surface area contributed by atoms with Gasteiger partial charge in [-0.15, -0.1) is 51.8 Å². The number of allylic oxidation sites excluding steroid dienone is 2. The second-order valence-corrected chi connectivity index (χ2v) is 17.0. The van der Waals surface area contributed by atoms with Gasteiger partial charge < -0.3 is 5.11 Å². The summed E-state index contributed by atoms with van der Waals surface area (Å²) in [6.07, 6.45) is 6.71. The predicted molar refractivity (Wildman–Crippen MR) is 211 cm³/mol. The molecule has 6 heteroatoms. The van der Waals surface area contributed by atoms with Gasteiger partial charge in [-0.05, 0) is 61.6 Å². The minimum Gasteiger partial charge on any atom is -0.512 e. The first-order valence-corrected chi connectivity index (χ1v) is 18.9. The topological polar surface area (TPSA) is 50.2 Å². The van der Waals surface area contributed by atoms with Crippen molar-refractivity contribution >= 4 is 69.5 Å². The summed E-state index contributed by atoms with van der Waals surface area (Å²) in [4.78, 5) is 18.4. The van der Waals surface area contributed by atoms with Gasteiger partial charge in [0.1, 0.15) is 5.76 Å². The van der Waals surface area contributed by atoms with E-state index >= 15 is 0 Å². The Kier molecular flexibility index (Phi) is 12.0. The fraction of sp³-hybridized carbons (Fsp3) is 0.395. The Morgan fingerprint density at radius 2 is 1.43 bits per heavy atom. The van der Waals surface area contributed by atoms with E-state index < -0.39 is 0 Å². The summed E-state index contributed by atoms with van der Waals surface area (Å²) in [6, 6.07) is 23.6. The Morgan fingerprint density at radius 1 is 0.796 bits per heavy atom. The molecule has 3 nitrogen and oxygen atoms in total. The second kappa shape index (κ2) is 15.2. The molecular weight excluding hydrogens is 819 g/mol. The standard InChI is InChI=1S/C28H22NS2.C15H28O2.Ir/c1-16-13-22-24(30-16)10-9-20-21-11-12-29-25(27(21)31-26(20)22)18-14-17-7-5-6-8-19(17)23(15-18)28(2,3)4;1-7-14(5,8-2)12(16)11-13(17)15(6,9-3)10-4;/h5-13,15H,1-4H3;11,16H,7-10H2,1-6H3;/q-1;;/b;12-11-;. The number of hydrogen-bond donors (Lipinski definition) is 1. The first-order chi connectivity index (χ1) is 22.7. The van der Waals surface area contributed by atoms with Gasteiger partial charge in [-0.25, -0.2) is 0 Å². The van der Waals surface area contributed by atoms with Crippen molar-refractivity contribution in [3.8, 4) is 11.3 Å². The van der Waals surface area contributed by atoms with Gasteiger partial charge in [0.2, 0.25) is 0 Å². The average Bonchev–Trinajstić information content (AvgIpc) is 3.66. The summed E-state index contributed by atoms with van der Waals surface area (Å²) in [6.45, 7) is 21.1. The molecule has 0 aliphatic heterocycles. The molecule has 6 aromatic rings. The molecule has 3 aromatic heterocycles. The van der Waals surface area contributed by atoms with Gasteiger partial charge in [-0.2, -0.15) is 0 Å². The van der Waals surface area contributed by atoms with Crippen LogP contribution in [0.3, 0.4) is 0 Å². The zero-order valence-electron chi connectivity index (χ0n) is 30.6. The Labute approximate surface area is 314 Å². The summed E-state index contributed by atoms with van der Waals surface area (Å²) in [7, 11) is 0. The van der Waals surface area contributed by atoms with Crippen LogP contribution in [0.5, 0.6) is 0 Å². The Morgan fingerprint density at radius 3 is 2.06 bits per heavy atom.